The Morgan fingerprint density at radius 1 is 0.397 bits per heavy atom. The topological polar surface area (TPSA) is 860 Å². The van der Waals surface area contributed by atoms with Crippen LogP contribution >= 0.6 is 0 Å². The highest BCUT2D eigenvalue weighted by atomic mass is 32.3. The van der Waals surface area contributed by atoms with Crippen molar-refractivity contribution in [3.63, 3.8) is 0 Å². The van der Waals surface area contributed by atoms with E-state index in [1.165, 1.54) is 6.92 Å². The molecule has 121 heavy (non-hydrogen) atoms. The number of hydrogen-bond donors (Lipinski definition) is 30. The van der Waals surface area contributed by atoms with Gasteiger partial charge in [0.15, 0.2) is 50.3 Å². The summed E-state index contributed by atoms with van der Waals surface area (Å²) in [4.78, 5) is 63.9. The first-order chi connectivity index (χ1) is 56.7. The highest BCUT2D eigenvalue weighted by Crippen LogP contribution is 2.41. The van der Waals surface area contributed by atoms with E-state index in [-0.39, 0.29) is 0 Å². The van der Waals surface area contributed by atoms with Crippen LogP contribution < -0.4 is 21.3 Å². The molecule has 0 aromatic carbocycles. The lowest BCUT2D eigenvalue weighted by atomic mass is 9.88. The van der Waals surface area contributed by atoms with Gasteiger partial charge in [-0.05, 0) is 6.92 Å². The van der Waals surface area contributed by atoms with E-state index in [9.17, 15) is 165 Å². The van der Waals surface area contributed by atoms with Crippen LogP contribution in [0.25, 0.3) is 0 Å². The number of ether oxygens (including phenoxy) is 17. The van der Waals surface area contributed by atoms with Gasteiger partial charge in [0.1, 0.15) is 207 Å². The molecule has 700 valence electrons. The number of nitrogens with one attached hydrogen (secondary N) is 4. The minimum absolute atomic E-state index is 0.811. The summed E-state index contributed by atoms with van der Waals surface area (Å²) in [6, 6.07) is -7.71. The fraction of sp³-hybridized carbons (Fsp3) is 0.923. The standard InChI is InChI=1S/C65H108N4O51S/c1-15-33(80)42(89)46(93)59(107-15)104-12-27-51(39(86)30(56(97)108-27)67-17(3)75)115-57-31(68-18(4)76)40(87)50(24(10-73)111-57)116-62-49(96)54(38(85)25(112-62)11-103-60-47(94)43(90)35(82)22(8-71)109-60)118-63-55(45(92)36(83)23(9-72)110-63)119-58-32(69-19(5)77)41(88)52(28(114-58)14-106-121(100,101)102)117-61-48(95)44(91)37(84)26(113-61)13-105-65(64(98)99)6-20(78)29(66-16(2)74)53(120-65)34(81)21(79)7-70/h15,20-63,70-73,78-97H,6-14H2,1-5H3,(H,66,74)(H,67,75)(H,68,76)(H,69,77)(H,98,99)(H,100,101,102)/t15-,20-,21+,22+,23+,24+,25+,26+,27+,28+,29+,30+,31+,32+,33+,34+,35+,36+,37-,38+,39+,40+,41+,42+,43-,44-,45-,46-,47-,48+,49-,50+,51+,52+,53+,54-,55-,56+,57-,58-,59+,60-,61-,62-,63+,65+/m0/s1. The van der Waals surface area contributed by atoms with Gasteiger partial charge in [0, 0.05) is 34.1 Å². The summed E-state index contributed by atoms with van der Waals surface area (Å²) in [5.41, 5.74) is 0. The van der Waals surface area contributed by atoms with Gasteiger partial charge in [-0.25, -0.2) is 8.98 Å². The zero-order valence-electron chi connectivity index (χ0n) is 64.6. The maximum Gasteiger partial charge on any atom is 0.397 e. The second-order valence-corrected chi connectivity index (χ2v) is 31.3. The molecular weight excluding hydrogens is 1680 g/mol. The molecule has 9 saturated heterocycles. The van der Waals surface area contributed by atoms with Crippen LogP contribution in [0.1, 0.15) is 41.0 Å². The molecule has 9 heterocycles. The Morgan fingerprint density at radius 2 is 0.785 bits per heavy atom. The number of carboxylic acids is 1. The van der Waals surface area contributed by atoms with Gasteiger partial charge in [0.25, 0.3) is 5.79 Å². The number of hydrogen-bond acceptors (Lipinski definition) is 49. The average Bonchev–Trinajstić information content (AvgIpc) is 0.765. The number of aliphatic carboxylic acids is 1. The summed E-state index contributed by atoms with van der Waals surface area (Å²) in [6.07, 6.45) is -90.2. The largest absolute Gasteiger partial charge is 0.477 e. The van der Waals surface area contributed by atoms with E-state index in [1.807, 2.05) is 0 Å². The maximum atomic E-state index is 13.2. The molecule has 0 unspecified atom stereocenters. The molecule has 0 aromatic rings. The highest BCUT2D eigenvalue weighted by Gasteiger charge is 2.62. The van der Waals surface area contributed by atoms with Crippen molar-refractivity contribution in [3.8, 4) is 0 Å². The van der Waals surface area contributed by atoms with Crippen LogP contribution in [0.5, 0.6) is 0 Å². The van der Waals surface area contributed by atoms with Gasteiger partial charge in [-0.15, -0.1) is 0 Å². The molecule has 4 amide bonds. The smallest absolute Gasteiger partial charge is 0.397 e. The predicted molar refractivity (Wildman–Crippen MR) is 370 cm³/mol. The molecule has 30 N–H and O–H groups in total. The number of carboxylic acid groups (broad SMARTS) is 1. The van der Waals surface area contributed by atoms with E-state index in [4.69, 9.17) is 80.5 Å². The Bertz CT molecular complexity index is 3470. The number of rotatable bonds is 33. The van der Waals surface area contributed by atoms with E-state index in [0.29, 0.717) is 0 Å². The van der Waals surface area contributed by atoms with Crippen LogP contribution in [-0.4, -0.2) is 505 Å². The second-order valence-electron chi connectivity index (χ2n) is 30.2. The number of carbonyl (C=O) groups excluding carboxylic acids is 4. The minimum Gasteiger partial charge on any atom is -0.477 e. The zero-order chi connectivity index (χ0) is 89.8. The summed E-state index contributed by atoms with van der Waals surface area (Å²) in [5, 5.41) is 287. The Kier molecular flexibility index (Phi) is 35.4. The number of carbonyl (C=O) groups is 5. The first-order valence-electron chi connectivity index (χ1n) is 37.8. The van der Waals surface area contributed by atoms with Gasteiger partial charge in [0.05, 0.1) is 71.1 Å². The third-order valence-corrected chi connectivity index (χ3v) is 21.9. The molecule has 9 aliphatic rings. The second kappa shape index (κ2) is 42.7. The van der Waals surface area contributed by atoms with Crippen LogP contribution in [0.3, 0.4) is 0 Å². The molecule has 56 heteroatoms. The van der Waals surface area contributed by atoms with Crippen molar-refractivity contribution in [2.75, 3.05) is 52.9 Å². The van der Waals surface area contributed by atoms with E-state index < -0.39 is 381 Å². The van der Waals surface area contributed by atoms with E-state index in [2.05, 4.69) is 25.5 Å². The van der Waals surface area contributed by atoms with E-state index in [1.54, 1.807) is 0 Å². The SMILES string of the molecule is CC(=O)N[C@@H]1[C@@H](O)[C@H](O[C@@H]2O[C@H](CO)[C@@H](O[C@@H]3O[C@H](CO[C@H]4O[C@H](CO)[C@@H](O)[C@H](O)[C@@H]4O)[C@@H](O)[C@H](O[C@H]4O[C@H](CO)[C@@H](O)[C@H](O)[C@@H]4O[C@@H]4O[C@H](COS(=O)(=O)O)[C@@H](O[C@@H]5O[C@H](CO[C@]6(C(=O)O)C[C@H](O)[C@@H](NC(C)=O)[C@H]([C@H](O)[C@H](O)CO)O6)[C@H](O)[C@H](O)[C@H]5O)[C@H](O)[C@H]4NC(C)=O)[C@@H]3O)[C@H](O)[C@H]2NC(C)=O)[C@@H](CO[C@@H]2O[C@@H](C)[C@@H](O)[C@@H](O)[C@@H]2O)O[C@H]1O. The van der Waals surface area contributed by atoms with Gasteiger partial charge in [-0.3, -0.25) is 23.7 Å². The molecule has 0 saturated carbocycles. The predicted octanol–water partition coefficient (Wildman–Crippen LogP) is -20.0. The molecule has 9 fully saturated rings. The lowest BCUT2D eigenvalue weighted by Crippen LogP contribution is -2.71. The lowest BCUT2D eigenvalue weighted by Gasteiger charge is -2.51. The van der Waals surface area contributed by atoms with Crippen molar-refractivity contribution in [3.05, 3.63) is 0 Å². The minimum atomic E-state index is -5.63. The normalized spacial score (nSPS) is 46.8. The van der Waals surface area contributed by atoms with Gasteiger partial charge < -0.3 is 229 Å². The lowest BCUT2D eigenvalue weighted by molar-refractivity contribution is -0.397. The fourth-order valence-corrected chi connectivity index (χ4v) is 15.3. The number of aliphatic hydroxyl groups excluding tert-OH is 24. The summed E-state index contributed by atoms with van der Waals surface area (Å²) in [5.74, 6) is -9.07. The number of amides is 4. The average molecular weight is 1790 g/mol. The molecule has 0 bridgehead atoms. The van der Waals surface area contributed by atoms with Crippen molar-refractivity contribution >= 4 is 40.0 Å². The third-order valence-electron chi connectivity index (χ3n) is 21.5. The van der Waals surface area contributed by atoms with Crippen molar-refractivity contribution < 1.29 is 249 Å². The van der Waals surface area contributed by atoms with Crippen molar-refractivity contribution in [1.82, 2.24) is 21.3 Å². The van der Waals surface area contributed by atoms with Gasteiger partial charge in [-0.2, -0.15) is 8.42 Å². The summed E-state index contributed by atoms with van der Waals surface area (Å²) in [6.45, 7) is -4.57. The van der Waals surface area contributed by atoms with Gasteiger partial charge in [-0.1, -0.05) is 0 Å². The van der Waals surface area contributed by atoms with Crippen LogP contribution in [0.4, 0.5) is 0 Å². The van der Waals surface area contributed by atoms with Crippen LogP contribution in [0.2, 0.25) is 0 Å². The van der Waals surface area contributed by atoms with E-state index >= 15 is 0 Å². The molecular formula is C65H108N4O51S. The maximum absolute atomic E-state index is 13.2. The summed E-state index contributed by atoms with van der Waals surface area (Å²) >= 11 is 0. The van der Waals surface area contributed by atoms with Crippen molar-refractivity contribution in [2.45, 2.75) is 323 Å². The van der Waals surface area contributed by atoms with Gasteiger partial charge >= 0.3 is 16.4 Å². The first kappa shape index (κ1) is 100. The zero-order valence-corrected chi connectivity index (χ0v) is 65.4. The Balaban J connectivity index is 1.01. The molecule has 9 aliphatic heterocycles. The summed E-state index contributed by atoms with van der Waals surface area (Å²) in [7, 11) is -5.63. The molecule has 55 nitrogen and oxygen atoms in total. The quantitative estimate of drug-likeness (QED) is 0.0271. The Hall–Kier alpha value is -4.42. The Labute approximate surface area is 684 Å². The van der Waals surface area contributed by atoms with Gasteiger partial charge in [0.2, 0.25) is 23.6 Å². The monoisotopic (exact) mass is 1790 g/mol. The third kappa shape index (κ3) is 23.2. The van der Waals surface area contributed by atoms with Crippen molar-refractivity contribution in [1.29, 1.82) is 0 Å². The summed E-state index contributed by atoms with van der Waals surface area (Å²) < 4.78 is 138. The molecule has 0 radical (unpaired) electrons. The van der Waals surface area contributed by atoms with Crippen molar-refractivity contribution in [2.24, 2.45) is 0 Å². The number of aliphatic hydroxyl groups is 24. The molecule has 0 spiro atoms. The van der Waals surface area contributed by atoms with Crippen LogP contribution in [-0.2, 0) is 119 Å². The van der Waals surface area contributed by atoms with Crippen LogP contribution in [0, 0.1) is 0 Å². The highest BCUT2D eigenvalue weighted by molar-refractivity contribution is 7.80. The van der Waals surface area contributed by atoms with Crippen LogP contribution in [0.15, 0.2) is 0 Å². The Morgan fingerprint density at radius 3 is 1.30 bits per heavy atom. The molecule has 9 rings (SSSR count). The molecule has 0 aromatic heterocycles. The first-order valence-corrected chi connectivity index (χ1v) is 39.1. The fourth-order valence-electron chi connectivity index (χ4n) is 15.0. The van der Waals surface area contributed by atoms with E-state index in [0.717, 1.165) is 27.7 Å². The molecule has 0 aliphatic carbocycles. The molecule has 46 atom stereocenters.